The van der Waals surface area contributed by atoms with E-state index in [2.05, 4.69) is 15.9 Å². The highest BCUT2D eigenvalue weighted by atomic mass is 79.9. The normalized spacial score (nSPS) is 15.5. The predicted molar refractivity (Wildman–Crippen MR) is 102 cm³/mol. The van der Waals surface area contributed by atoms with E-state index in [0.29, 0.717) is 21.9 Å². The number of amides is 1. The molecule has 3 rings (SSSR count). The molecule has 0 N–H and O–H groups in total. The summed E-state index contributed by atoms with van der Waals surface area (Å²) < 4.78 is 59.3. The number of hydrogen-bond donors (Lipinski definition) is 0. The van der Waals surface area contributed by atoms with Gasteiger partial charge in [0.05, 0.1) is 17.1 Å². The minimum absolute atomic E-state index is 0.00120. The monoisotopic (exact) mass is 474 g/mol. The van der Waals surface area contributed by atoms with Gasteiger partial charge in [-0.3, -0.25) is 4.79 Å². The number of para-hydroxylation sites is 1. The van der Waals surface area contributed by atoms with E-state index in [-0.39, 0.29) is 32.1 Å². The molecule has 0 bridgehead atoms. The fourth-order valence-corrected chi connectivity index (χ4v) is 5.01. The minimum Gasteiger partial charge on any atom is -0.495 e. The van der Waals surface area contributed by atoms with Gasteiger partial charge in [0.1, 0.15) is 22.3 Å². The van der Waals surface area contributed by atoms with Gasteiger partial charge in [0.2, 0.25) is 10.0 Å². The van der Waals surface area contributed by atoms with E-state index in [1.807, 2.05) is 0 Å². The number of methoxy groups -OCH3 is 1. The van der Waals surface area contributed by atoms with Crippen molar-refractivity contribution in [1.29, 1.82) is 0 Å². The van der Waals surface area contributed by atoms with Crippen LogP contribution in [0.5, 0.6) is 5.75 Å². The van der Waals surface area contributed by atoms with Crippen LogP contribution in [0, 0.1) is 11.6 Å². The van der Waals surface area contributed by atoms with Crippen LogP contribution in [0.15, 0.2) is 45.8 Å². The van der Waals surface area contributed by atoms with Crippen LogP contribution in [0.25, 0.3) is 0 Å². The number of sulfonamides is 1. The van der Waals surface area contributed by atoms with Crippen molar-refractivity contribution in [2.75, 3.05) is 33.3 Å². The maximum Gasteiger partial charge on any atom is 0.257 e. The number of nitrogens with zero attached hydrogens (tertiary/aromatic N) is 2. The number of carbonyl (C=O) groups excluding carboxylic acids is 1. The van der Waals surface area contributed by atoms with Gasteiger partial charge in [-0.15, -0.1) is 0 Å². The lowest BCUT2D eigenvalue weighted by Crippen LogP contribution is -2.50. The zero-order chi connectivity index (χ0) is 20.5. The number of halogens is 3. The van der Waals surface area contributed by atoms with Crippen LogP contribution >= 0.6 is 15.9 Å². The van der Waals surface area contributed by atoms with Crippen molar-refractivity contribution in [2.24, 2.45) is 0 Å². The van der Waals surface area contributed by atoms with Crippen LogP contribution < -0.4 is 4.74 Å². The standard InChI is InChI=1S/C18H17BrF2N2O4S/c1-27-17-13(3-2-4-14(17)19)18(24)22-7-9-23(10-8-22)28(25,26)16-6-5-12(20)11-15(16)21/h2-6,11H,7-10H2,1H3. The molecular formula is C18H17BrF2N2O4S. The SMILES string of the molecule is COc1c(Br)cccc1C(=O)N1CCN(S(=O)(=O)c2ccc(F)cc2F)CC1. The molecule has 1 aliphatic heterocycles. The molecule has 1 saturated heterocycles. The van der Waals surface area contributed by atoms with Gasteiger partial charge in [0, 0.05) is 32.2 Å². The number of ether oxygens (including phenoxy) is 1. The van der Waals surface area contributed by atoms with Crippen molar-refractivity contribution in [2.45, 2.75) is 4.90 Å². The van der Waals surface area contributed by atoms with E-state index in [1.54, 1.807) is 18.2 Å². The van der Waals surface area contributed by atoms with E-state index in [4.69, 9.17) is 4.74 Å². The molecule has 0 atom stereocenters. The molecule has 0 aromatic heterocycles. The van der Waals surface area contributed by atoms with E-state index < -0.39 is 26.6 Å². The van der Waals surface area contributed by atoms with Gasteiger partial charge >= 0.3 is 0 Å². The first-order valence-electron chi connectivity index (χ1n) is 8.32. The molecule has 0 saturated carbocycles. The molecule has 1 heterocycles. The van der Waals surface area contributed by atoms with E-state index in [9.17, 15) is 22.0 Å². The van der Waals surface area contributed by atoms with Gasteiger partial charge in [-0.25, -0.2) is 17.2 Å². The third-order valence-electron chi connectivity index (χ3n) is 4.44. The number of rotatable bonds is 4. The summed E-state index contributed by atoms with van der Waals surface area (Å²) in [5.74, 6) is -1.88. The van der Waals surface area contributed by atoms with Crippen LogP contribution in [-0.2, 0) is 10.0 Å². The highest BCUT2D eigenvalue weighted by Gasteiger charge is 2.33. The first-order valence-corrected chi connectivity index (χ1v) is 10.6. The first kappa shape index (κ1) is 20.7. The van der Waals surface area contributed by atoms with Crippen LogP contribution in [-0.4, -0.2) is 56.8 Å². The van der Waals surface area contributed by atoms with Crippen molar-refractivity contribution >= 4 is 31.9 Å². The third kappa shape index (κ3) is 3.89. The van der Waals surface area contributed by atoms with Gasteiger partial charge in [0.15, 0.2) is 0 Å². The predicted octanol–water partition coefficient (Wildman–Crippen LogP) is 2.88. The van der Waals surface area contributed by atoms with Gasteiger partial charge in [-0.2, -0.15) is 4.31 Å². The topological polar surface area (TPSA) is 66.9 Å². The summed E-state index contributed by atoms with van der Waals surface area (Å²) in [7, 11) is -2.66. The average Bonchev–Trinajstić information content (AvgIpc) is 2.67. The lowest BCUT2D eigenvalue weighted by Gasteiger charge is -2.34. The highest BCUT2D eigenvalue weighted by molar-refractivity contribution is 9.10. The Bertz CT molecular complexity index is 1010. The van der Waals surface area contributed by atoms with Gasteiger partial charge in [-0.1, -0.05) is 6.07 Å². The summed E-state index contributed by atoms with van der Waals surface area (Å²) in [6.45, 7) is 0.273. The Morgan fingerprint density at radius 2 is 1.79 bits per heavy atom. The summed E-state index contributed by atoms with van der Waals surface area (Å²) in [6, 6.07) is 7.42. The maximum atomic E-state index is 13.9. The van der Waals surface area contributed by atoms with Crippen LogP contribution in [0.4, 0.5) is 8.78 Å². The lowest BCUT2D eigenvalue weighted by atomic mass is 10.1. The molecule has 1 amide bonds. The summed E-state index contributed by atoms with van der Waals surface area (Å²) in [5.41, 5.74) is 0.359. The Hall–Kier alpha value is -2.04. The van der Waals surface area contributed by atoms with Crippen molar-refractivity contribution < 1.29 is 26.7 Å². The van der Waals surface area contributed by atoms with Gasteiger partial charge in [0.25, 0.3) is 5.91 Å². The van der Waals surface area contributed by atoms with E-state index >= 15 is 0 Å². The maximum absolute atomic E-state index is 13.9. The van der Waals surface area contributed by atoms with Crippen molar-refractivity contribution in [3.8, 4) is 5.75 Å². The number of carbonyl (C=O) groups is 1. The second-order valence-corrected chi connectivity index (χ2v) is 8.85. The minimum atomic E-state index is -4.12. The molecule has 28 heavy (non-hydrogen) atoms. The molecule has 0 unspecified atom stereocenters. The first-order chi connectivity index (χ1) is 13.3. The number of piperazine rings is 1. The molecule has 10 heteroatoms. The lowest BCUT2D eigenvalue weighted by molar-refractivity contribution is 0.0694. The molecule has 0 radical (unpaired) electrons. The Kier molecular flexibility index (Phi) is 6.01. The fourth-order valence-electron chi connectivity index (χ4n) is 3.01. The Balaban J connectivity index is 1.76. The van der Waals surface area contributed by atoms with Crippen LogP contribution in [0.1, 0.15) is 10.4 Å². The molecule has 0 spiro atoms. The summed E-state index contributed by atoms with van der Waals surface area (Å²) in [5, 5.41) is 0. The second-order valence-electron chi connectivity index (χ2n) is 6.09. The quantitative estimate of drug-likeness (QED) is 0.683. The van der Waals surface area contributed by atoms with E-state index in [0.717, 1.165) is 16.4 Å². The number of hydrogen-bond acceptors (Lipinski definition) is 4. The van der Waals surface area contributed by atoms with Crippen molar-refractivity contribution in [1.82, 2.24) is 9.21 Å². The average molecular weight is 475 g/mol. The molecule has 6 nitrogen and oxygen atoms in total. The van der Waals surface area contributed by atoms with Crippen LogP contribution in [0.3, 0.4) is 0 Å². The Morgan fingerprint density at radius 1 is 1.11 bits per heavy atom. The Morgan fingerprint density at radius 3 is 2.39 bits per heavy atom. The number of benzene rings is 2. The molecule has 1 aliphatic rings. The molecule has 0 aliphatic carbocycles. The largest absolute Gasteiger partial charge is 0.495 e. The second kappa shape index (κ2) is 8.14. The smallest absolute Gasteiger partial charge is 0.257 e. The van der Waals surface area contributed by atoms with Gasteiger partial charge in [-0.05, 0) is 40.2 Å². The Labute approximate surface area is 169 Å². The fraction of sp³-hybridized carbons (Fsp3) is 0.278. The van der Waals surface area contributed by atoms with E-state index in [1.165, 1.54) is 12.0 Å². The zero-order valence-corrected chi connectivity index (χ0v) is 17.3. The molecule has 1 fully saturated rings. The molecule has 150 valence electrons. The van der Waals surface area contributed by atoms with Crippen LogP contribution in [0.2, 0.25) is 0 Å². The molecule has 2 aromatic carbocycles. The van der Waals surface area contributed by atoms with Crippen molar-refractivity contribution in [3.05, 3.63) is 58.1 Å². The zero-order valence-electron chi connectivity index (χ0n) is 14.9. The summed E-state index contributed by atoms with van der Waals surface area (Å²) in [4.78, 5) is 13.7. The highest BCUT2D eigenvalue weighted by Crippen LogP contribution is 2.30. The summed E-state index contributed by atoms with van der Waals surface area (Å²) >= 11 is 3.33. The molecule has 2 aromatic rings. The molecular weight excluding hydrogens is 458 g/mol. The van der Waals surface area contributed by atoms with Gasteiger partial charge < -0.3 is 9.64 Å². The summed E-state index contributed by atoms with van der Waals surface area (Å²) in [6.07, 6.45) is 0. The van der Waals surface area contributed by atoms with Crippen molar-refractivity contribution in [3.63, 3.8) is 0 Å². The third-order valence-corrected chi connectivity index (χ3v) is 7.00.